The average molecular weight is 229 g/mol. The van der Waals surface area contributed by atoms with E-state index >= 15 is 0 Å². The summed E-state index contributed by atoms with van der Waals surface area (Å²) < 4.78 is 37.3. The van der Waals surface area contributed by atoms with Gasteiger partial charge in [0, 0.05) is 6.92 Å². The highest BCUT2D eigenvalue weighted by Gasteiger charge is 2.28. The zero-order valence-electron chi connectivity index (χ0n) is 8.31. The van der Waals surface area contributed by atoms with E-state index in [2.05, 4.69) is 0 Å². The standard InChI is InChI=1S/C9H10FN2O2S/c1-7-11(2)8-5-3-4-6-9(8)12(7)15(10,13)14/h3-6H,1-2H3/q+1. The van der Waals surface area contributed by atoms with Crippen molar-refractivity contribution in [2.24, 2.45) is 7.05 Å². The molecule has 1 heterocycles. The SMILES string of the molecule is Cc1n(S(=O)(=O)F)c2ccccc2[n+]1C. The first-order valence-corrected chi connectivity index (χ1v) is 5.68. The van der Waals surface area contributed by atoms with Gasteiger partial charge in [-0.2, -0.15) is 8.42 Å². The molecule has 0 radical (unpaired) electrons. The molecule has 0 spiro atoms. The molecule has 4 nitrogen and oxygen atoms in total. The number of para-hydroxylation sites is 2. The molecule has 0 aliphatic carbocycles. The lowest BCUT2D eigenvalue weighted by molar-refractivity contribution is -0.651. The molecule has 80 valence electrons. The molecule has 1 aromatic carbocycles. The Hall–Kier alpha value is -1.43. The second-order valence-electron chi connectivity index (χ2n) is 3.30. The van der Waals surface area contributed by atoms with E-state index in [9.17, 15) is 12.3 Å². The topological polar surface area (TPSA) is 43.0 Å². The summed E-state index contributed by atoms with van der Waals surface area (Å²) in [4.78, 5) is 0. The maximum atomic E-state index is 13.0. The molecule has 2 aromatic rings. The number of benzene rings is 1. The summed E-state index contributed by atoms with van der Waals surface area (Å²) in [5.41, 5.74) is 1.02. The summed E-state index contributed by atoms with van der Waals surface area (Å²) in [5.74, 6) is 0.332. The molecule has 0 saturated carbocycles. The van der Waals surface area contributed by atoms with E-state index in [1.165, 1.54) is 0 Å². The molecule has 0 amide bonds. The van der Waals surface area contributed by atoms with E-state index < -0.39 is 10.4 Å². The van der Waals surface area contributed by atoms with E-state index in [4.69, 9.17) is 0 Å². The number of rotatable bonds is 1. The van der Waals surface area contributed by atoms with Crippen LogP contribution in [-0.2, 0) is 17.5 Å². The number of imidazole rings is 1. The highest BCUT2D eigenvalue weighted by molar-refractivity contribution is 7.85. The van der Waals surface area contributed by atoms with Gasteiger partial charge in [-0.15, -0.1) is 0 Å². The van der Waals surface area contributed by atoms with Crippen molar-refractivity contribution in [1.29, 1.82) is 0 Å². The third-order valence-corrected chi connectivity index (χ3v) is 3.36. The molecule has 15 heavy (non-hydrogen) atoms. The summed E-state index contributed by atoms with van der Waals surface area (Å²) in [6.45, 7) is 1.55. The van der Waals surface area contributed by atoms with Crippen LogP contribution in [0.5, 0.6) is 0 Å². The second kappa shape index (κ2) is 3.03. The van der Waals surface area contributed by atoms with Gasteiger partial charge in [0.25, 0.3) is 5.82 Å². The van der Waals surface area contributed by atoms with Gasteiger partial charge < -0.3 is 0 Å². The predicted octanol–water partition coefficient (Wildman–Crippen LogP) is 0.837. The summed E-state index contributed by atoms with van der Waals surface area (Å²) in [5, 5.41) is 0. The Morgan fingerprint density at radius 1 is 1.33 bits per heavy atom. The van der Waals surface area contributed by atoms with Crippen LogP contribution in [0.3, 0.4) is 0 Å². The van der Waals surface area contributed by atoms with E-state index in [1.807, 2.05) is 0 Å². The van der Waals surface area contributed by atoms with Gasteiger partial charge in [0.2, 0.25) is 0 Å². The van der Waals surface area contributed by atoms with Gasteiger partial charge in [-0.25, -0.2) is 4.57 Å². The molecule has 0 atom stereocenters. The molecular formula is C9H10FN2O2S+. The number of fused-ring (bicyclic) bond motifs is 1. The number of hydrogen-bond donors (Lipinski definition) is 0. The minimum atomic E-state index is -4.74. The van der Waals surface area contributed by atoms with Gasteiger partial charge in [-0.05, 0) is 12.1 Å². The van der Waals surface area contributed by atoms with E-state index in [0.29, 0.717) is 20.8 Å². The maximum Gasteiger partial charge on any atom is 0.481 e. The summed E-state index contributed by atoms with van der Waals surface area (Å²) in [6, 6.07) is 6.75. The van der Waals surface area contributed by atoms with Gasteiger partial charge in [0.1, 0.15) is 0 Å². The Balaban J connectivity index is 3.03. The Morgan fingerprint density at radius 2 is 1.93 bits per heavy atom. The first-order chi connectivity index (χ1) is 6.93. The summed E-state index contributed by atoms with van der Waals surface area (Å²) in [6.07, 6.45) is 0. The normalized spacial score (nSPS) is 12.2. The van der Waals surface area contributed by atoms with Crippen LogP contribution in [0.2, 0.25) is 0 Å². The van der Waals surface area contributed by atoms with Crippen molar-refractivity contribution in [2.75, 3.05) is 0 Å². The Kier molecular flexibility index (Phi) is 2.04. The van der Waals surface area contributed by atoms with Crippen LogP contribution in [0, 0.1) is 6.92 Å². The van der Waals surface area contributed by atoms with Gasteiger partial charge in [0.15, 0.2) is 11.0 Å². The number of hydrogen-bond acceptors (Lipinski definition) is 2. The largest absolute Gasteiger partial charge is 0.481 e. The Morgan fingerprint density at radius 3 is 2.53 bits per heavy atom. The zero-order chi connectivity index (χ0) is 11.2. The van der Waals surface area contributed by atoms with Gasteiger partial charge in [-0.3, -0.25) is 0 Å². The van der Waals surface area contributed by atoms with Crippen molar-refractivity contribution >= 4 is 21.4 Å². The third kappa shape index (κ3) is 1.41. The molecule has 0 fully saturated rings. The molecule has 0 aliphatic heterocycles. The van der Waals surface area contributed by atoms with E-state index in [-0.39, 0.29) is 0 Å². The smallest absolute Gasteiger partial charge is 0.229 e. The Bertz CT molecular complexity index is 631. The van der Waals surface area contributed by atoms with Crippen LogP contribution in [0.15, 0.2) is 24.3 Å². The van der Waals surface area contributed by atoms with Gasteiger partial charge in [0.05, 0.1) is 7.05 Å². The van der Waals surface area contributed by atoms with E-state index in [0.717, 1.165) is 0 Å². The fraction of sp³-hybridized carbons (Fsp3) is 0.222. The number of halogens is 1. The molecule has 6 heteroatoms. The molecule has 0 bridgehead atoms. The quantitative estimate of drug-likeness (QED) is 0.537. The molecular weight excluding hydrogens is 219 g/mol. The van der Waals surface area contributed by atoms with Crippen molar-refractivity contribution < 1.29 is 16.9 Å². The first kappa shape index (κ1) is 10.1. The number of nitrogens with zero attached hydrogens (tertiary/aromatic N) is 2. The minimum absolute atomic E-state index is 0.332. The maximum absolute atomic E-state index is 13.0. The highest BCUT2D eigenvalue weighted by Crippen LogP contribution is 2.16. The van der Waals surface area contributed by atoms with Crippen LogP contribution in [0.1, 0.15) is 5.82 Å². The number of aryl methyl sites for hydroxylation is 1. The monoisotopic (exact) mass is 229 g/mol. The molecule has 0 saturated heterocycles. The van der Waals surface area contributed by atoms with Crippen LogP contribution >= 0.6 is 0 Å². The zero-order valence-corrected chi connectivity index (χ0v) is 9.12. The number of aromatic nitrogens is 2. The lowest BCUT2D eigenvalue weighted by Crippen LogP contribution is -2.31. The second-order valence-corrected chi connectivity index (χ2v) is 4.49. The molecule has 0 N–H and O–H groups in total. The lowest BCUT2D eigenvalue weighted by atomic mass is 10.3. The van der Waals surface area contributed by atoms with Crippen LogP contribution < -0.4 is 4.57 Å². The van der Waals surface area contributed by atoms with Crippen molar-refractivity contribution in [2.45, 2.75) is 6.92 Å². The molecule has 0 unspecified atom stereocenters. The molecule has 2 rings (SSSR count). The van der Waals surface area contributed by atoms with Gasteiger partial charge in [-0.1, -0.05) is 20.0 Å². The van der Waals surface area contributed by atoms with Crippen LogP contribution in [-0.4, -0.2) is 12.4 Å². The van der Waals surface area contributed by atoms with Crippen molar-refractivity contribution in [1.82, 2.24) is 3.97 Å². The third-order valence-electron chi connectivity index (χ3n) is 2.46. The van der Waals surface area contributed by atoms with Gasteiger partial charge >= 0.3 is 10.4 Å². The van der Waals surface area contributed by atoms with Crippen molar-refractivity contribution in [3.05, 3.63) is 30.1 Å². The summed E-state index contributed by atoms with van der Waals surface area (Å²) >= 11 is 0. The fourth-order valence-electron chi connectivity index (χ4n) is 1.68. The minimum Gasteiger partial charge on any atom is -0.229 e. The molecule has 0 aliphatic rings. The molecule has 1 aromatic heterocycles. The van der Waals surface area contributed by atoms with Crippen LogP contribution in [0.4, 0.5) is 3.89 Å². The van der Waals surface area contributed by atoms with E-state index in [1.54, 1.807) is 42.8 Å². The Labute approximate surface area is 86.9 Å². The fourth-order valence-corrected chi connectivity index (χ4v) is 2.51. The van der Waals surface area contributed by atoms with Crippen molar-refractivity contribution in [3.63, 3.8) is 0 Å². The first-order valence-electron chi connectivity index (χ1n) is 4.34. The lowest BCUT2D eigenvalue weighted by Gasteiger charge is -1.90. The summed E-state index contributed by atoms with van der Waals surface area (Å²) in [7, 11) is -3.05. The van der Waals surface area contributed by atoms with Crippen LogP contribution in [0.25, 0.3) is 11.0 Å². The predicted molar refractivity (Wildman–Crippen MR) is 53.3 cm³/mol. The highest BCUT2D eigenvalue weighted by atomic mass is 32.3. The van der Waals surface area contributed by atoms with Crippen molar-refractivity contribution in [3.8, 4) is 0 Å². The average Bonchev–Trinajstić information content (AvgIpc) is 2.39.